The molecule has 1 N–H and O–H groups in total. The molecule has 0 unspecified atom stereocenters. The van der Waals surface area contributed by atoms with Crippen molar-refractivity contribution in [1.82, 2.24) is 4.98 Å². The number of aryl methyl sites for hydroxylation is 1. The molecule has 2 nitrogen and oxygen atoms in total. The van der Waals surface area contributed by atoms with Crippen LogP contribution in [0.5, 0.6) is 0 Å². The van der Waals surface area contributed by atoms with Gasteiger partial charge in [-0.3, -0.25) is 4.98 Å². The van der Waals surface area contributed by atoms with Crippen molar-refractivity contribution in [3.8, 4) is 0 Å². The Morgan fingerprint density at radius 3 is 2.20 bits per heavy atom. The van der Waals surface area contributed by atoms with Gasteiger partial charge in [-0.1, -0.05) is 19.9 Å². The summed E-state index contributed by atoms with van der Waals surface area (Å²) in [6, 6.07) is 4.29. The SMILES string of the molecule is CC.CCO.Cc1ccc(C2CC2)cn1. The maximum Gasteiger partial charge on any atom is 0.0402 e. The Bertz CT molecular complexity index is 239. The Morgan fingerprint density at radius 1 is 1.33 bits per heavy atom. The average molecular weight is 209 g/mol. The summed E-state index contributed by atoms with van der Waals surface area (Å²) in [7, 11) is 0. The summed E-state index contributed by atoms with van der Waals surface area (Å²) in [6.07, 6.45) is 4.74. The fourth-order valence-electron chi connectivity index (χ4n) is 1.14. The molecular weight excluding hydrogens is 186 g/mol. The van der Waals surface area contributed by atoms with Crippen LogP contribution in [0.3, 0.4) is 0 Å². The molecular formula is C13H23NO. The second-order valence-electron chi connectivity index (χ2n) is 3.32. The summed E-state index contributed by atoms with van der Waals surface area (Å²) in [5.74, 6) is 0.841. The highest BCUT2D eigenvalue weighted by molar-refractivity contribution is 5.21. The molecule has 86 valence electrons. The van der Waals surface area contributed by atoms with Gasteiger partial charge in [-0.25, -0.2) is 0 Å². The zero-order valence-electron chi connectivity index (χ0n) is 10.3. The van der Waals surface area contributed by atoms with Gasteiger partial charge in [0.05, 0.1) is 0 Å². The van der Waals surface area contributed by atoms with Crippen LogP contribution in [0.4, 0.5) is 0 Å². The fraction of sp³-hybridized carbons (Fsp3) is 0.615. The predicted octanol–water partition coefficient (Wildman–Crippen LogP) is 3.29. The van der Waals surface area contributed by atoms with Crippen LogP contribution < -0.4 is 0 Å². The van der Waals surface area contributed by atoms with Crippen LogP contribution in [0, 0.1) is 6.92 Å². The van der Waals surface area contributed by atoms with E-state index >= 15 is 0 Å². The van der Waals surface area contributed by atoms with Gasteiger partial charge in [-0.05, 0) is 44.2 Å². The first-order chi connectivity index (χ1) is 7.27. The monoisotopic (exact) mass is 209 g/mol. The lowest BCUT2D eigenvalue weighted by molar-refractivity contribution is 0.318. The van der Waals surface area contributed by atoms with E-state index in [9.17, 15) is 0 Å². The van der Waals surface area contributed by atoms with Crippen LogP contribution in [0.2, 0.25) is 0 Å². The minimum Gasteiger partial charge on any atom is -0.397 e. The van der Waals surface area contributed by atoms with Crippen LogP contribution in [0.1, 0.15) is 50.8 Å². The van der Waals surface area contributed by atoms with Crippen LogP contribution in [-0.2, 0) is 0 Å². The Hall–Kier alpha value is -0.890. The molecule has 1 aromatic heterocycles. The van der Waals surface area contributed by atoms with E-state index in [4.69, 9.17) is 5.11 Å². The third kappa shape index (κ3) is 6.24. The van der Waals surface area contributed by atoms with Crippen molar-refractivity contribution in [2.45, 2.75) is 46.5 Å². The zero-order chi connectivity index (χ0) is 11.7. The molecule has 0 bridgehead atoms. The summed E-state index contributed by atoms with van der Waals surface area (Å²) in [4.78, 5) is 4.24. The van der Waals surface area contributed by atoms with E-state index in [1.165, 1.54) is 18.4 Å². The summed E-state index contributed by atoms with van der Waals surface area (Å²) >= 11 is 0. The fourth-order valence-corrected chi connectivity index (χ4v) is 1.14. The average Bonchev–Trinajstić information content (AvgIpc) is 3.07. The standard InChI is InChI=1S/C9H11N.C2H6O.C2H6/c1-7-2-3-9(6-10-7)8-4-5-8;1-2-3;1-2/h2-3,6,8H,4-5H2,1H3;3H,2H2,1H3;1-2H3. The summed E-state index contributed by atoms with van der Waals surface area (Å²) < 4.78 is 0. The van der Waals surface area contributed by atoms with Gasteiger partial charge in [0.15, 0.2) is 0 Å². The maximum atomic E-state index is 7.57. The molecule has 1 aliphatic rings. The number of hydrogen-bond donors (Lipinski definition) is 1. The van der Waals surface area contributed by atoms with Gasteiger partial charge in [0, 0.05) is 18.5 Å². The number of pyridine rings is 1. The molecule has 1 aliphatic carbocycles. The van der Waals surface area contributed by atoms with Gasteiger partial charge in [0.25, 0.3) is 0 Å². The Kier molecular flexibility index (Phi) is 7.92. The molecule has 1 heterocycles. The molecule has 0 aliphatic heterocycles. The minimum absolute atomic E-state index is 0.250. The predicted molar refractivity (Wildman–Crippen MR) is 65.1 cm³/mol. The second-order valence-corrected chi connectivity index (χ2v) is 3.32. The van der Waals surface area contributed by atoms with Crippen molar-refractivity contribution in [1.29, 1.82) is 0 Å². The number of nitrogens with zero attached hydrogens (tertiary/aromatic N) is 1. The maximum absolute atomic E-state index is 7.57. The molecule has 0 saturated heterocycles. The molecule has 0 atom stereocenters. The van der Waals surface area contributed by atoms with Crippen LogP contribution >= 0.6 is 0 Å². The molecule has 1 aromatic rings. The Balaban J connectivity index is 0.000000342. The first-order valence-corrected chi connectivity index (χ1v) is 5.81. The summed E-state index contributed by atoms with van der Waals surface area (Å²) in [6.45, 7) is 7.96. The summed E-state index contributed by atoms with van der Waals surface area (Å²) in [5, 5.41) is 7.57. The minimum atomic E-state index is 0.250. The van der Waals surface area contributed by atoms with E-state index in [0.29, 0.717) is 0 Å². The molecule has 2 heteroatoms. The Labute approximate surface area is 93.4 Å². The molecule has 0 amide bonds. The lowest BCUT2D eigenvalue weighted by atomic mass is 10.2. The van der Waals surface area contributed by atoms with Gasteiger partial charge in [0.1, 0.15) is 0 Å². The third-order valence-electron chi connectivity index (χ3n) is 1.98. The molecule has 0 spiro atoms. The number of aliphatic hydroxyl groups is 1. The van der Waals surface area contributed by atoms with Crippen molar-refractivity contribution in [2.24, 2.45) is 0 Å². The highest BCUT2D eigenvalue weighted by atomic mass is 16.2. The number of rotatable bonds is 1. The molecule has 1 saturated carbocycles. The van der Waals surface area contributed by atoms with Crippen molar-refractivity contribution >= 4 is 0 Å². The van der Waals surface area contributed by atoms with Crippen molar-refractivity contribution < 1.29 is 5.11 Å². The lowest BCUT2D eigenvalue weighted by Crippen LogP contribution is -1.83. The van der Waals surface area contributed by atoms with Crippen LogP contribution in [0.15, 0.2) is 18.3 Å². The first-order valence-electron chi connectivity index (χ1n) is 5.81. The van der Waals surface area contributed by atoms with E-state index in [-0.39, 0.29) is 6.61 Å². The number of hydrogen-bond acceptors (Lipinski definition) is 2. The molecule has 15 heavy (non-hydrogen) atoms. The van der Waals surface area contributed by atoms with Crippen LogP contribution in [-0.4, -0.2) is 16.7 Å². The van der Waals surface area contributed by atoms with Crippen molar-refractivity contribution in [3.63, 3.8) is 0 Å². The van der Waals surface area contributed by atoms with E-state index in [0.717, 1.165) is 11.6 Å². The first kappa shape index (κ1) is 14.1. The van der Waals surface area contributed by atoms with E-state index in [2.05, 4.69) is 17.1 Å². The molecule has 0 aromatic carbocycles. The van der Waals surface area contributed by atoms with Crippen LogP contribution in [0.25, 0.3) is 0 Å². The number of aromatic nitrogens is 1. The van der Waals surface area contributed by atoms with Crippen molar-refractivity contribution in [2.75, 3.05) is 6.61 Å². The van der Waals surface area contributed by atoms with E-state index in [1.807, 2.05) is 27.0 Å². The molecule has 2 rings (SSSR count). The zero-order valence-corrected chi connectivity index (χ0v) is 10.3. The van der Waals surface area contributed by atoms with Gasteiger partial charge >= 0.3 is 0 Å². The topological polar surface area (TPSA) is 33.1 Å². The summed E-state index contributed by atoms with van der Waals surface area (Å²) in [5.41, 5.74) is 2.54. The normalized spacial score (nSPS) is 13.1. The molecule has 0 radical (unpaired) electrons. The second kappa shape index (κ2) is 8.42. The lowest BCUT2D eigenvalue weighted by Gasteiger charge is -1.95. The van der Waals surface area contributed by atoms with Gasteiger partial charge in [-0.15, -0.1) is 0 Å². The van der Waals surface area contributed by atoms with Crippen molar-refractivity contribution in [3.05, 3.63) is 29.6 Å². The van der Waals surface area contributed by atoms with E-state index in [1.54, 1.807) is 6.92 Å². The van der Waals surface area contributed by atoms with Gasteiger partial charge in [-0.2, -0.15) is 0 Å². The highest BCUT2D eigenvalue weighted by Crippen LogP contribution is 2.39. The van der Waals surface area contributed by atoms with E-state index < -0.39 is 0 Å². The smallest absolute Gasteiger partial charge is 0.0402 e. The van der Waals surface area contributed by atoms with Gasteiger partial charge < -0.3 is 5.11 Å². The quantitative estimate of drug-likeness (QED) is 0.770. The Morgan fingerprint density at radius 2 is 1.87 bits per heavy atom. The number of aliphatic hydroxyl groups excluding tert-OH is 1. The largest absolute Gasteiger partial charge is 0.397 e. The third-order valence-corrected chi connectivity index (χ3v) is 1.98. The highest BCUT2D eigenvalue weighted by Gasteiger charge is 2.23. The molecule has 1 fully saturated rings. The van der Waals surface area contributed by atoms with Gasteiger partial charge in [0.2, 0.25) is 0 Å².